The van der Waals surface area contributed by atoms with Crippen molar-refractivity contribution in [1.29, 1.82) is 0 Å². The largest absolute Gasteiger partial charge is 0.270 e. The average Bonchev–Trinajstić information content (AvgIpc) is 3.34. The monoisotopic (exact) mass is 341 g/mol. The number of imidazole rings is 1. The molecule has 26 heavy (non-hydrogen) atoms. The van der Waals surface area contributed by atoms with E-state index in [9.17, 15) is 0 Å². The van der Waals surface area contributed by atoms with Gasteiger partial charge in [-0.3, -0.25) is 14.5 Å². The van der Waals surface area contributed by atoms with Gasteiger partial charge in [0.15, 0.2) is 5.52 Å². The molecule has 0 saturated heterocycles. The Labute approximate surface area is 154 Å². The normalized spacial score (nSPS) is 14.8. The molecule has 1 aliphatic rings. The summed E-state index contributed by atoms with van der Waals surface area (Å²) in [4.78, 5) is 8.56. The first kappa shape index (κ1) is 11.2. The second-order valence-corrected chi connectivity index (χ2v) is 6.51. The van der Waals surface area contributed by atoms with Gasteiger partial charge in [-0.25, -0.2) is 9.13 Å². The minimum atomic E-state index is -2.32. The van der Waals surface area contributed by atoms with Gasteiger partial charge in [0.2, 0.25) is 5.82 Å². The Hall–Kier alpha value is -3.47. The molecule has 0 N–H and O–H groups in total. The number of para-hydroxylation sites is 1. The van der Waals surface area contributed by atoms with E-state index < -0.39 is 6.98 Å². The molecule has 5 aromatic rings. The van der Waals surface area contributed by atoms with Crippen LogP contribution in [0.2, 0.25) is 0 Å². The molecule has 6 rings (SSSR count). The first-order chi connectivity index (χ1) is 14.1. The lowest BCUT2D eigenvalue weighted by Gasteiger charge is -2.04. The molecule has 0 fully saturated rings. The van der Waals surface area contributed by atoms with Gasteiger partial charge in [0.25, 0.3) is 5.65 Å². The molecule has 124 valence electrons. The summed E-state index contributed by atoms with van der Waals surface area (Å²) < 4.78 is 30.4. The van der Waals surface area contributed by atoms with Gasteiger partial charge < -0.3 is 0 Å². The molecule has 5 heteroatoms. The number of pyridine rings is 2. The first-order valence-corrected chi connectivity index (χ1v) is 8.47. The molecule has 5 heterocycles. The molecule has 4 aromatic heterocycles. The van der Waals surface area contributed by atoms with Crippen LogP contribution in [0.25, 0.3) is 39.1 Å². The molecular formula is C21H16N5+. The number of aryl methyl sites for hydroxylation is 1. The summed E-state index contributed by atoms with van der Waals surface area (Å²) in [6.45, 7) is -1.74. The maximum Gasteiger partial charge on any atom is 0.270 e. The zero-order valence-electron chi connectivity index (χ0n) is 16.8. The van der Waals surface area contributed by atoms with E-state index in [0.717, 1.165) is 33.5 Å². The van der Waals surface area contributed by atoms with Crippen molar-refractivity contribution >= 4 is 22.1 Å². The fourth-order valence-electron chi connectivity index (χ4n) is 4.09. The Bertz CT molecular complexity index is 1410. The fourth-order valence-corrected chi connectivity index (χ4v) is 4.09. The average molecular weight is 341 g/mol. The minimum Gasteiger partial charge on any atom is -0.264 e. The van der Waals surface area contributed by atoms with Gasteiger partial charge in [0.1, 0.15) is 11.2 Å². The van der Waals surface area contributed by atoms with Crippen LogP contribution >= 0.6 is 0 Å². The predicted molar refractivity (Wildman–Crippen MR) is 100 cm³/mol. The molecule has 0 radical (unpaired) electrons. The molecule has 1 aromatic carbocycles. The van der Waals surface area contributed by atoms with E-state index in [1.165, 1.54) is 4.57 Å². The van der Waals surface area contributed by atoms with E-state index in [0.29, 0.717) is 17.7 Å². The van der Waals surface area contributed by atoms with Crippen molar-refractivity contribution in [1.82, 2.24) is 19.1 Å². The molecule has 0 aliphatic carbocycles. The van der Waals surface area contributed by atoms with Crippen LogP contribution in [0.5, 0.6) is 0 Å². The van der Waals surface area contributed by atoms with Crippen molar-refractivity contribution in [2.75, 3.05) is 0 Å². The number of hydrogen-bond acceptors (Lipinski definition) is 2. The van der Waals surface area contributed by atoms with Crippen LogP contribution < -0.4 is 4.57 Å². The van der Waals surface area contributed by atoms with Crippen LogP contribution in [-0.2, 0) is 13.5 Å². The van der Waals surface area contributed by atoms with Gasteiger partial charge in [-0.2, -0.15) is 0 Å². The third-order valence-electron chi connectivity index (χ3n) is 5.15. The standard InChI is InChI=1S/C21H16N5/c1-24-18-8-10-23-12-17(18)19-21(24)25-13-14-11-22-9-7-16(14)20(25)26(19)15-5-3-2-4-6-15/h2-12H,13H2,1H3/q+1/i1D3. The molecule has 5 nitrogen and oxygen atoms in total. The van der Waals surface area contributed by atoms with Crippen molar-refractivity contribution in [2.45, 2.75) is 6.54 Å². The van der Waals surface area contributed by atoms with Crippen LogP contribution in [0.4, 0.5) is 0 Å². The van der Waals surface area contributed by atoms with Crippen LogP contribution in [-0.4, -0.2) is 19.1 Å². The first-order valence-electron chi connectivity index (χ1n) is 9.97. The van der Waals surface area contributed by atoms with Gasteiger partial charge in [-0.1, -0.05) is 18.2 Å². The topological polar surface area (TPSA) is 39.5 Å². The molecular weight excluding hydrogens is 322 g/mol. The van der Waals surface area contributed by atoms with Crippen LogP contribution in [0.3, 0.4) is 0 Å². The summed E-state index contributed by atoms with van der Waals surface area (Å²) in [7, 11) is 0. The lowest BCUT2D eigenvalue weighted by molar-refractivity contribution is -0.648. The Morgan fingerprint density at radius 1 is 1.04 bits per heavy atom. The van der Waals surface area contributed by atoms with Gasteiger partial charge >= 0.3 is 0 Å². The van der Waals surface area contributed by atoms with Crippen LogP contribution in [0, 0.1) is 0 Å². The second kappa shape index (κ2) is 4.79. The summed E-state index contributed by atoms with van der Waals surface area (Å²) >= 11 is 0. The lowest BCUT2D eigenvalue weighted by atomic mass is 10.1. The number of benzene rings is 1. The highest BCUT2D eigenvalue weighted by Gasteiger charge is 2.36. The number of nitrogens with zero attached hydrogens (tertiary/aromatic N) is 5. The molecule has 0 atom stereocenters. The van der Waals surface area contributed by atoms with Gasteiger partial charge in [-0.05, 0) is 24.3 Å². The van der Waals surface area contributed by atoms with Crippen LogP contribution in [0.15, 0.2) is 67.3 Å². The van der Waals surface area contributed by atoms with Crippen molar-refractivity contribution in [3.05, 3.63) is 72.8 Å². The Morgan fingerprint density at radius 3 is 2.77 bits per heavy atom. The summed E-state index contributed by atoms with van der Waals surface area (Å²) in [6.07, 6.45) is 7.02. The quantitative estimate of drug-likeness (QED) is 0.431. The third kappa shape index (κ3) is 1.57. The summed E-state index contributed by atoms with van der Waals surface area (Å²) in [5.41, 5.74) is 5.29. The summed E-state index contributed by atoms with van der Waals surface area (Å²) in [5.74, 6) is 0.961. The number of fused-ring (bicyclic) bond motifs is 7. The smallest absolute Gasteiger partial charge is 0.264 e. The molecule has 0 spiro atoms. The van der Waals surface area contributed by atoms with Gasteiger partial charge in [0.05, 0.1) is 28.6 Å². The van der Waals surface area contributed by atoms with E-state index in [1.807, 2.05) is 42.6 Å². The molecule has 1 aliphatic heterocycles. The van der Waals surface area contributed by atoms with Gasteiger partial charge in [-0.15, -0.1) is 0 Å². The molecule has 0 saturated carbocycles. The fraction of sp³-hybridized carbons (Fsp3) is 0.0952. The summed E-state index contributed by atoms with van der Waals surface area (Å²) in [5, 5.41) is 0.819. The lowest BCUT2D eigenvalue weighted by Crippen LogP contribution is -2.33. The third-order valence-corrected chi connectivity index (χ3v) is 5.15. The highest BCUT2D eigenvalue weighted by atomic mass is 15.3. The molecule has 0 amide bonds. The summed E-state index contributed by atoms with van der Waals surface area (Å²) in [6, 6.07) is 13.8. The highest BCUT2D eigenvalue weighted by Crippen LogP contribution is 2.37. The van der Waals surface area contributed by atoms with E-state index in [2.05, 4.69) is 19.1 Å². The Morgan fingerprint density at radius 2 is 1.88 bits per heavy atom. The second-order valence-electron chi connectivity index (χ2n) is 6.51. The minimum absolute atomic E-state index is 0.578. The van der Waals surface area contributed by atoms with Crippen molar-refractivity contribution in [3.8, 4) is 17.1 Å². The van der Waals surface area contributed by atoms with Gasteiger partial charge in [0, 0.05) is 30.4 Å². The highest BCUT2D eigenvalue weighted by molar-refractivity contribution is 6.05. The predicted octanol–water partition coefficient (Wildman–Crippen LogP) is 3.23. The maximum absolute atomic E-state index is 8.23. The van der Waals surface area contributed by atoms with Crippen molar-refractivity contribution in [3.63, 3.8) is 0 Å². The van der Waals surface area contributed by atoms with E-state index in [1.54, 1.807) is 24.7 Å². The van der Waals surface area contributed by atoms with E-state index >= 15 is 0 Å². The Balaban J connectivity index is 1.89. The Kier molecular flexibility index (Phi) is 2.06. The van der Waals surface area contributed by atoms with Crippen molar-refractivity contribution < 1.29 is 8.68 Å². The maximum atomic E-state index is 8.23. The van der Waals surface area contributed by atoms with E-state index in [-0.39, 0.29) is 0 Å². The number of hydrogen-bond donors (Lipinski definition) is 0. The zero-order valence-corrected chi connectivity index (χ0v) is 13.8. The van der Waals surface area contributed by atoms with Crippen LogP contribution in [0.1, 0.15) is 9.68 Å². The van der Waals surface area contributed by atoms with E-state index in [4.69, 9.17) is 4.11 Å². The number of aromatic nitrogens is 5. The number of rotatable bonds is 1. The molecule has 0 bridgehead atoms. The SMILES string of the molecule is [2H]C([2H])([2H])n1c2ccncc2c2c1[n+]1c(n2-c2ccccc2)-c2ccncc2C1. The zero-order chi connectivity index (χ0) is 19.8. The van der Waals surface area contributed by atoms with Crippen molar-refractivity contribution in [2.24, 2.45) is 6.98 Å². The molecule has 0 unspecified atom stereocenters.